The third kappa shape index (κ3) is 3.10. The van der Waals surface area contributed by atoms with Gasteiger partial charge in [-0.1, -0.05) is 12.1 Å². The summed E-state index contributed by atoms with van der Waals surface area (Å²) in [6.07, 6.45) is 1.14. The van der Waals surface area contributed by atoms with Crippen LogP contribution in [-0.2, 0) is 4.79 Å². The van der Waals surface area contributed by atoms with Crippen molar-refractivity contribution in [1.29, 1.82) is 0 Å². The molecule has 2 rings (SSSR count). The summed E-state index contributed by atoms with van der Waals surface area (Å²) < 4.78 is 19.2. The SMILES string of the molecule is CC(C)NC1(C(=O)O)CCC(Oc2ccccc2F)C1. The molecule has 0 spiro atoms. The fourth-order valence-corrected chi connectivity index (χ4v) is 2.76. The van der Waals surface area contributed by atoms with Gasteiger partial charge in [0.25, 0.3) is 0 Å². The van der Waals surface area contributed by atoms with Crippen LogP contribution in [0.15, 0.2) is 24.3 Å². The minimum atomic E-state index is -0.968. The van der Waals surface area contributed by atoms with Crippen LogP contribution >= 0.6 is 0 Å². The molecular weight excluding hydrogens is 261 g/mol. The van der Waals surface area contributed by atoms with Crippen LogP contribution in [0.5, 0.6) is 5.75 Å². The molecule has 0 aromatic heterocycles. The van der Waals surface area contributed by atoms with Crippen LogP contribution < -0.4 is 10.1 Å². The summed E-state index contributed by atoms with van der Waals surface area (Å²) in [5.74, 6) is -1.11. The Bertz CT molecular complexity index is 492. The molecule has 110 valence electrons. The van der Waals surface area contributed by atoms with Crippen LogP contribution in [0.3, 0.4) is 0 Å². The molecule has 0 heterocycles. The van der Waals surface area contributed by atoms with Gasteiger partial charge in [-0.05, 0) is 38.8 Å². The zero-order valence-electron chi connectivity index (χ0n) is 11.7. The molecule has 1 fully saturated rings. The first-order valence-corrected chi connectivity index (χ1v) is 6.85. The normalized spacial score (nSPS) is 25.9. The maximum Gasteiger partial charge on any atom is 0.324 e. The molecule has 5 heteroatoms. The second kappa shape index (κ2) is 5.79. The molecule has 1 aromatic rings. The molecule has 20 heavy (non-hydrogen) atoms. The molecule has 1 aliphatic rings. The standard InChI is InChI=1S/C15H20FNO3/c1-10(2)17-15(14(18)19)8-7-11(9-15)20-13-6-4-3-5-12(13)16/h3-6,10-11,17H,7-9H2,1-2H3,(H,18,19). The van der Waals surface area contributed by atoms with E-state index < -0.39 is 17.3 Å². The van der Waals surface area contributed by atoms with Crippen molar-refractivity contribution < 1.29 is 19.0 Å². The number of ether oxygens (including phenoxy) is 1. The van der Waals surface area contributed by atoms with Gasteiger partial charge in [0.2, 0.25) is 0 Å². The van der Waals surface area contributed by atoms with Crippen molar-refractivity contribution in [3.8, 4) is 5.75 Å². The molecular formula is C15H20FNO3. The number of carboxylic acid groups (broad SMARTS) is 1. The third-order valence-electron chi connectivity index (χ3n) is 3.57. The van der Waals surface area contributed by atoms with E-state index in [9.17, 15) is 14.3 Å². The lowest BCUT2D eigenvalue weighted by Crippen LogP contribution is -2.53. The number of carbonyl (C=O) groups is 1. The zero-order valence-corrected chi connectivity index (χ0v) is 11.7. The zero-order chi connectivity index (χ0) is 14.8. The summed E-state index contributed by atoms with van der Waals surface area (Å²) in [6, 6.07) is 6.26. The van der Waals surface area contributed by atoms with E-state index in [1.54, 1.807) is 18.2 Å². The van der Waals surface area contributed by atoms with Crippen molar-refractivity contribution in [3.63, 3.8) is 0 Å². The van der Waals surface area contributed by atoms with E-state index in [1.807, 2.05) is 13.8 Å². The van der Waals surface area contributed by atoms with Gasteiger partial charge in [-0.25, -0.2) is 4.39 Å². The van der Waals surface area contributed by atoms with Gasteiger partial charge in [-0.3, -0.25) is 10.1 Å². The van der Waals surface area contributed by atoms with Crippen LogP contribution in [0.1, 0.15) is 33.1 Å². The molecule has 0 aliphatic heterocycles. The second-order valence-corrected chi connectivity index (χ2v) is 5.60. The predicted octanol–water partition coefficient (Wildman–Crippen LogP) is 2.58. The van der Waals surface area contributed by atoms with Crippen molar-refractivity contribution >= 4 is 5.97 Å². The largest absolute Gasteiger partial charge is 0.487 e. The molecule has 1 saturated carbocycles. The van der Waals surface area contributed by atoms with Crippen LogP contribution in [0.2, 0.25) is 0 Å². The topological polar surface area (TPSA) is 58.6 Å². The van der Waals surface area contributed by atoms with E-state index in [1.165, 1.54) is 6.07 Å². The van der Waals surface area contributed by atoms with Crippen molar-refractivity contribution in [1.82, 2.24) is 5.32 Å². The number of hydrogen-bond acceptors (Lipinski definition) is 3. The Morgan fingerprint density at radius 2 is 2.20 bits per heavy atom. The number of nitrogens with one attached hydrogen (secondary N) is 1. The predicted molar refractivity (Wildman–Crippen MR) is 73.3 cm³/mol. The molecule has 1 aliphatic carbocycles. The highest BCUT2D eigenvalue weighted by molar-refractivity contribution is 5.79. The Balaban J connectivity index is 2.07. The monoisotopic (exact) mass is 281 g/mol. The van der Waals surface area contributed by atoms with E-state index in [2.05, 4.69) is 5.32 Å². The summed E-state index contributed by atoms with van der Waals surface area (Å²) in [4.78, 5) is 11.5. The Morgan fingerprint density at radius 3 is 2.80 bits per heavy atom. The van der Waals surface area contributed by atoms with Crippen molar-refractivity contribution in [2.24, 2.45) is 0 Å². The first kappa shape index (κ1) is 14.8. The van der Waals surface area contributed by atoms with Crippen molar-refractivity contribution in [2.75, 3.05) is 0 Å². The van der Waals surface area contributed by atoms with Gasteiger partial charge in [-0.15, -0.1) is 0 Å². The Labute approximate surface area is 117 Å². The number of benzene rings is 1. The Hall–Kier alpha value is -1.62. The molecule has 2 atom stereocenters. The maximum absolute atomic E-state index is 13.5. The lowest BCUT2D eigenvalue weighted by atomic mass is 9.96. The molecule has 0 saturated heterocycles. The van der Waals surface area contributed by atoms with Gasteiger partial charge < -0.3 is 9.84 Å². The van der Waals surface area contributed by atoms with Gasteiger partial charge in [0, 0.05) is 12.5 Å². The summed E-state index contributed by atoms with van der Waals surface area (Å²) in [5, 5.41) is 12.6. The number of rotatable bonds is 5. The quantitative estimate of drug-likeness (QED) is 0.871. The van der Waals surface area contributed by atoms with E-state index >= 15 is 0 Å². The smallest absolute Gasteiger partial charge is 0.324 e. The fraction of sp³-hybridized carbons (Fsp3) is 0.533. The van der Waals surface area contributed by atoms with Crippen molar-refractivity contribution in [2.45, 2.75) is 50.8 Å². The average Bonchev–Trinajstić information content (AvgIpc) is 2.76. The van der Waals surface area contributed by atoms with Crippen molar-refractivity contribution in [3.05, 3.63) is 30.1 Å². The van der Waals surface area contributed by atoms with E-state index in [0.29, 0.717) is 19.3 Å². The fourth-order valence-electron chi connectivity index (χ4n) is 2.76. The number of carboxylic acids is 1. The van der Waals surface area contributed by atoms with E-state index in [4.69, 9.17) is 4.74 Å². The second-order valence-electron chi connectivity index (χ2n) is 5.60. The minimum absolute atomic E-state index is 0.0679. The molecule has 2 unspecified atom stereocenters. The maximum atomic E-state index is 13.5. The van der Waals surface area contributed by atoms with Gasteiger partial charge in [0.15, 0.2) is 11.6 Å². The Kier molecular flexibility index (Phi) is 4.28. The molecule has 0 bridgehead atoms. The number of hydrogen-bond donors (Lipinski definition) is 2. The van der Waals surface area contributed by atoms with Gasteiger partial charge in [0.1, 0.15) is 11.6 Å². The highest BCUT2D eigenvalue weighted by Crippen LogP contribution is 2.34. The van der Waals surface area contributed by atoms with E-state index in [-0.39, 0.29) is 17.9 Å². The van der Waals surface area contributed by atoms with Gasteiger partial charge in [-0.2, -0.15) is 0 Å². The lowest BCUT2D eigenvalue weighted by molar-refractivity contribution is -0.145. The van der Waals surface area contributed by atoms with Gasteiger partial charge >= 0.3 is 5.97 Å². The molecule has 1 aromatic carbocycles. The molecule has 2 N–H and O–H groups in total. The van der Waals surface area contributed by atoms with Crippen LogP contribution in [0.4, 0.5) is 4.39 Å². The van der Waals surface area contributed by atoms with Crippen LogP contribution in [0.25, 0.3) is 0 Å². The lowest BCUT2D eigenvalue weighted by Gasteiger charge is -2.28. The molecule has 4 nitrogen and oxygen atoms in total. The summed E-state index contributed by atoms with van der Waals surface area (Å²) in [7, 11) is 0. The van der Waals surface area contributed by atoms with Crippen LogP contribution in [0, 0.1) is 5.82 Å². The van der Waals surface area contributed by atoms with Crippen LogP contribution in [-0.4, -0.2) is 28.8 Å². The summed E-state index contributed by atoms with van der Waals surface area (Å²) in [6.45, 7) is 3.82. The summed E-state index contributed by atoms with van der Waals surface area (Å²) in [5.41, 5.74) is -0.968. The number of para-hydroxylation sites is 1. The third-order valence-corrected chi connectivity index (χ3v) is 3.57. The molecule has 0 amide bonds. The molecule has 0 radical (unpaired) electrons. The summed E-state index contributed by atoms with van der Waals surface area (Å²) >= 11 is 0. The Morgan fingerprint density at radius 1 is 1.50 bits per heavy atom. The number of aliphatic carboxylic acids is 1. The highest BCUT2D eigenvalue weighted by Gasteiger charge is 2.46. The minimum Gasteiger partial charge on any atom is -0.487 e. The first-order chi connectivity index (χ1) is 9.43. The first-order valence-electron chi connectivity index (χ1n) is 6.85. The van der Waals surface area contributed by atoms with Gasteiger partial charge in [0.05, 0.1) is 0 Å². The van der Waals surface area contributed by atoms with E-state index in [0.717, 1.165) is 0 Å². The number of halogens is 1. The average molecular weight is 281 g/mol. The highest BCUT2D eigenvalue weighted by atomic mass is 19.1.